The maximum Gasteiger partial charge on any atom is 0.494 e. The van der Waals surface area contributed by atoms with E-state index in [1.165, 1.54) is 24.8 Å². The largest absolute Gasteiger partial charge is 0.494 e. The van der Waals surface area contributed by atoms with Crippen LogP contribution in [0.4, 0.5) is 0 Å². The number of benzene rings is 1. The molecule has 2 aliphatic heterocycles. The zero-order valence-electron chi connectivity index (χ0n) is 15.8. The minimum Gasteiger partial charge on any atom is -0.399 e. The quantitative estimate of drug-likeness (QED) is 0.772. The molecule has 1 aromatic carbocycles. The van der Waals surface area contributed by atoms with E-state index in [1.807, 2.05) is 0 Å². The van der Waals surface area contributed by atoms with Gasteiger partial charge in [-0.05, 0) is 63.9 Å². The summed E-state index contributed by atoms with van der Waals surface area (Å²) >= 11 is 0. The molecule has 0 aromatic heterocycles. The van der Waals surface area contributed by atoms with Crippen molar-refractivity contribution >= 4 is 12.6 Å². The Kier molecular flexibility index (Phi) is 5.10. The summed E-state index contributed by atoms with van der Waals surface area (Å²) < 4.78 is 18.3. The lowest BCUT2D eigenvalue weighted by Gasteiger charge is -2.32. The third-order valence-electron chi connectivity index (χ3n) is 5.90. The van der Waals surface area contributed by atoms with Crippen LogP contribution in [-0.2, 0) is 14.0 Å². The maximum absolute atomic E-state index is 6.12. The highest BCUT2D eigenvalue weighted by atomic mass is 16.7. The van der Waals surface area contributed by atoms with Crippen molar-refractivity contribution in [1.29, 1.82) is 0 Å². The van der Waals surface area contributed by atoms with Gasteiger partial charge in [0.15, 0.2) is 0 Å². The Balaban J connectivity index is 1.63. The summed E-state index contributed by atoms with van der Waals surface area (Å²) in [5.74, 6) is 0.746. The van der Waals surface area contributed by atoms with Crippen molar-refractivity contribution in [3.05, 3.63) is 29.8 Å². The number of hydrogen-bond acceptors (Lipinski definition) is 3. The summed E-state index contributed by atoms with van der Waals surface area (Å²) in [5, 5.41) is 0. The molecule has 0 spiro atoms. The van der Waals surface area contributed by atoms with E-state index in [1.54, 1.807) is 0 Å². The van der Waals surface area contributed by atoms with Gasteiger partial charge in [0.25, 0.3) is 0 Å². The van der Waals surface area contributed by atoms with Gasteiger partial charge in [0, 0.05) is 0 Å². The fourth-order valence-electron chi connectivity index (χ4n) is 3.55. The molecule has 0 aliphatic carbocycles. The minimum absolute atomic E-state index is 0.241. The molecule has 2 heterocycles. The molecular formula is C20H31BO3. The van der Waals surface area contributed by atoms with Crippen molar-refractivity contribution in [1.82, 2.24) is 0 Å². The molecule has 0 bridgehead atoms. The van der Waals surface area contributed by atoms with Crippen LogP contribution in [0.3, 0.4) is 0 Å². The molecule has 0 saturated carbocycles. The highest BCUT2D eigenvalue weighted by Crippen LogP contribution is 2.37. The van der Waals surface area contributed by atoms with E-state index in [-0.39, 0.29) is 24.4 Å². The van der Waals surface area contributed by atoms with Gasteiger partial charge in [-0.1, -0.05) is 37.6 Å². The molecule has 3 nitrogen and oxygen atoms in total. The van der Waals surface area contributed by atoms with Crippen molar-refractivity contribution < 1.29 is 14.0 Å². The molecule has 0 radical (unpaired) electrons. The first-order chi connectivity index (χ1) is 11.3. The van der Waals surface area contributed by atoms with Crippen LogP contribution in [0, 0.1) is 5.92 Å². The zero-order chi connectivity index (χ0) is 17.4. The van der Waals surface area contributed by atoms with Gasteiger partial charge in [0.05, 0.1) is 23.9 Å². The Labute approximate surface area is 147 Å². The van der Waals surface area contributed by atoms with Gasteiger partial charge in [-0.2, -0.15) is 0 Å². The lowest BCUT2D eigenvalue weighted by atomic mass is 9.78. The second-order valence-electron chi connectivity index (χ2n) is 8.31. The maximum atomic E-state index is 6.12. The molecule has 4 heteroatoms. The molecule has 3 rings (SSSR count). The van der Waals surface area contributed by atoms with Crippen LogP contribution in [-0.4, -0.2) is 24.9 Å². The summed E-state index contributed by atoms with van der Waals surface area (Å²) in [7, 11) is -0.287. The van der Waals surface area contributed by atoms with Crippen LogP contribution < -0.4 is 5.46 Å². The predicted molar refractivity (Wildman–Crippen MR) is 98.5 cm³/mol. The van der Waals surface area contributed by atoms with Gasteiger partial charge >= 0.3 is 7.12 Å². The van der Waals surface area contributed by atoms with Crippen LogP contribution in [0.5, 0.6) is 0 Å². The lowest BCUT2D eigenvalue weighted by molar-refractivity contribution is -0.0194. The van der Waals surface area contributed by atoms with Gasteiger partial charge in [-0.15, -0.1) is 0 Å². The molecule has 1 aromatic rings. The van der Waals surface area contributed by atoms with Gasteiger partial charge < -0.3 is 14.0 Å². The molecule has 0 amide bonds. The third kappa shape index (κ3) is 3.56. The van der Waals surface area contributed by atoms with Crippen LogP contribution in [0.1, 0.15) is 72.0 Å². The van der Waals surface area contributed by atoms with E-state index in [2.05, 4.69) is 58.9 Å². The van der Waals surface area contributed by atoms with Gasteiger partial charge in [0.1, 0.15) is 0 Å². The topological polar surface area (TPSA) is 27.7 Å². The Morgan fingerprint density at radius 1 is 1.00 bits per heavy atom. The second-order valence-corrected chi connectivity index (χ2v) is 8.31. The minimum atomic E-state index is -0.295. The molecule has 2 saturated heterocycles. The molecule has 0 N–H and O–H groups in total. The lowest BCUT2D eigenvalue weighted by Crippen LogP contribution is -2.41. The van der Waals surface area contributed by atoms with E-state index >= 15 is 0 Å². The van der Waals surface area contributed by atoms with Crippen LogP contribution in [0.15, 0.2) is 24.3 Å². The van der Waals surface area contributed by atoms with Crippen LogP contribution >= 0.6 is 0 Å². The number of ether oxygens (including phenoxy) is 1. The number of rotatable bonds is 4. The normalized spacial score (nSPS) is 29.0. The average molecular weight is 330 g/mol. The molecule has 2 unspecified atom stereocenters. The van der Waals surface area contributed by atoms with Crippen LogP contribution in [0.25, 0.3) is 0 Å². The predicted octanol–water partition coefficient (Wildman–Crippen LogP) is 4.25. The highest BCUT2D eigenvalue weighted by molar-refractivity contribution is 6.62. The van der Waals surface area contributed by atoms with Gasteiger partial charge in [-0.25, -0.2) is 0 Å². The van der Waals surface area contributed by atoms with Crippen molar-refractivity contribution in [2.24, 2.45) is 5.92 Å². The number of hydrogen-bond donors (Lipinski definition) is 0. The van der Waals surface area contributed by atoms with Gasteiger partial charge in [0.2, 0.25) is 0 Å². The Hall–Kier alpha value is -0.835. The van der Waals surface area contributed by atoms with Gasteiger partial charge in [-0.3, -0.25) is 0 Å². The van der Waals surface area contributed by atoms with E-state index in [9.17, 15) is 0 Å². The molecule has 24 heavy (non-hydrogen) atoms. The summed E-state index contributed by atoms with van der Waals surface area (Å²) in [6.45, 7) is 11.5. The fourth-order valence-corrected chi connectivity index (χ4v) is 3.55. The molecular weight excluding hydrogens is 299 g/mol. The van der Waals surface area contributed by atoms with E-state index in [4.69, 9.17) is 14.0 Å². The molecule has 2 aliphatic rings. The van der Waals surface area contributed by atoms with E-state index < -0.39 is 0 Å². The molecule has 2 atom stereocenters. The van der Waals surface area contributed by atoms with Crippen molar-refractivity contribution in [2.45, 2.75) is 77.6 Å². The van der Waals surface area contributed by atoms with Crippen molar-refractivity contribution in [3.8, 4) is 0 Å². The van der Waals surface area contributed by atoms with Crippen molar-refractivity contribution in [2.75, 3.05) is 6.61 Å². The van der Waals surface area contributed by atoms with E-state index in [0.717, 1.165) is 24.4 Å². The first-order valence-electron chi connectivity index (χ1n) is 9.39. The Morgan fingerprint density at radius 2 is 1.62 bits per heavy atom. The third-order valence-corrected chi connectivity index (χ3v) is 5.90. The SMILES string of the molecule is CCCC1CCC(c2ccc(B3OC(C)(C)C(C)(C)O3)cc2)OC1. The molecule has 2 fully saturated rings. The smallest absolute Gasteiger partial charge is 0.399 e. The highest BCUT2D eigenvalue weighted by Gasteiger charge is 2.51. The van der Waals surface area contributed by atoms with Crippen LogP contribution in [0.2, 0.25) is 0 Å². The first-order valence-corrected chi connectivity index (χ1v) is 9.39. The monoisotopic (exact) mass is 330 g/mol. The van der Waals surface area contributed by atoms with E-state index in [0.29, 0.717) is 0 Å². The standard InChI is InChI=1S/C20H31BO3/c1-6-7-15-8-13-18(22-14-15)16-9-11-17(12-10-16)21-23-19(2,3)20(4,5)24-21/h9-12,15,18H,6-8,13-14H2,1-5H3. The first kappa shape index (κ1) is 18.0. The zero-order valence-corrected chi connectivity index (χ0v) is 15.8. The fraction of sp³-hybridized carbons (Fsp3) is 0.700. The average Bonchev–Trinajstić information content (AvgIpc) is 2.77. The Bertz CT molecular complexity index is 529. The Morgan fingerprint density at radius 3 is 2.12 bits per heavy atom. The summed E-state index contributed by atoms with van der Waals surface area (Å²) in [6.07, 6.45) is 5.18. The summed E-state index contributed by atoms with van der Waals surface area (Å²) in [6, 6.07) is 8.59. The van der Waals surface area contributed by atoms with Crippen molar-refractivity contribution in [3.63, 3.8) is 0 Å². The summed E-state index contributed by atoms with van der Waals surface area (Å²) in [5.41, 5.74) is 1.76. The summed E-state index contributed by atoms with van der Waals surface area (Å²) in [4.78, 5) is 0. The molecule has 132 valence electrons. The second kappa shape index (κ2) is 6.82.